The molecule has 0 radical (unpaired) electrons. The summed E-state index contributed by atoms with van der Waals surface area (Å²) in [5.74, 6) is -0.604. The Labute approximate surface area is 392 Å². The minimum absolute atomic E-state index is 0.00763. The van der Waals surface area contributed by atoms with Crippen LogP contribution in [0.2, 0.25) is 0 Å². The van der Waals surface area contributed by atoms with E-state index in [0.717, 1.165) is 35.9 Å². The van der Waals surface area contributed by atoms with Crippen molar-refractivity contribution in [2.75, 3.05) is 55.7 Å². The Morgan fingerprint density at radius 3 is 1.83 bits per heavy atom. The summed E-state index contributed by atoms with van der Waals surface area (Å²) in [4.78, 5) is -0.862. The smallest absolute Gasteiger partial charge is 0.265 e. The zero-order valence-corrected chi connectivity index (χ0v) is 41.7. The van der Waals surface area contributed by atoms with Gasteiger partial charge in [-0.05, 0) is 55.3 Å². The standard InChI is InChI=1S/C47H69N5O11S3/c1-7-10-11-12-13-14-15-16-17-18-19-20-21-22-28-62-43-33-39(41(53)31-35(43)4)51-65(57,58)44-32-36(26-27-42(44)63-30-29-61-5)48-49-40-34-45(66(59,60)52(8-2)9-3)47(54)37-24-23-25-38(46(37)40)50-64(6,55)56/h23-27,31-34,50-51,53-54H,7-22,28-30H2,1-6H3. The molecule has 0 atom stereocenters. The van der Waals surface area contributed by atoms with Crippen molar-refractivity contribution < 1.29 is 49.7 Å². The Morgan fingerprint density at radius 1 is 0.636 bits per heavy atom. The van der Waals surface area contributed by atoms with Gasteiger partial charge in [-0.2, -0.15) is 9.42 Å². The van der Waals surface area contributed by atoms with Crippen LogP contribution in [0.4, 0.5) is 22.7 Å². The third kappa shape index (κ3) is 15.7. The second kappa shape index (κ2) is 26.0. The van der Waals surface area contributed by atoms with E-state index in [2.05, 4.69) is 26.6 Å². The van der Waals surface area contributed by atoms with Crippen molar-refractivity contribution in [2.45, 2.75) is 127 Å². The number of azo groups is 1. The number of phenolic OH excluding ortho intramolecular Hbond substituents is 2. The number of phenols is 2. The summed E-state index contributed by atoms with van der Waals surface area (Å²) in [6, 6.07) is 12.2. The second-order valence-electron chi connectivity index (χ2n) is 16.3. The number of ether oxygens (including phenoxy) is 3. The molecule has 0 spiro atoms. The predicted molar refractivity (Wildman–Crippen MR) is 262 cm³/mol. The molecule has 0 aliphatic rings. The Morgan fingerprint density at radius 2 is 1.24 bits per heavy atom. The van der Waals surface area contributed by atoms with Crippen LogP contribution in [0.5, 0.6) is 23.0 Å². The summed E-state index contributed by atoms with van der Waals surface area (Å²) < 4.78 is 104. The van der Waals surface area contributed by atoms with Gasteiger partial charge in [0.1, 0.15) is 39.4 Å². The van der Waals surface area contributed by atoms with Crippen molar-refractivity contribution >= 4 is 63.6 Å². The molecular weight excluding hydrogens is 907 g/mol. The molecule has 0 unspecified atom stereocenters. The molecule has 0 aliphatic carbocycles. The molecule has 0 heterocycles. The molecule has 4 N–H and O–H groups in total. The quantitative estimate of drug-likeness (QED) is 0.0211. The minimum Gasteiger partial charge on any atom is -0.506 e. The number of anilines is 2. The molecule has 0 bridgehead atoms. The average molecular weight is 976 g/mol. The molecule has 19 heteroatoms. The fraction of sp³-hybridized carbons (Fsp3) is 0.532. The van der Waals surface area contributed by atoms with Crippen molar-refractivity contribution in [3.8, 4) is 23.0 Å². The first kappa shape index (κ1) is 53.9. The monoisotopic (exact) mass is 975 g/mol. The summed E-state index contributed by atoms with van der Waals surface area (Å²) in [5, 5.41) is 30.8. The lowest BCUT2D eigenvalue weighted by molar-refractivity contribution is 0.144. The van der Waals surface area contributed by atoms with Crippen molar-refractivity contribution in [2.24, 2.45) is 10.2 Å². The molecule has 0 amide bonds. The maximum atomic E-state index is 14.2. The van der Waals surface area contributed by atoms with Crippen molar-refractivity contribution in [1.29, 1.82) is 0 Å². The van der Waals surface area contributed by atoms with Crippen LogP contribution in [-0.4, -0.2) is 86.0 Å². The number of hydrogen-bond acceptors (Lipinski definition) is 13. The predicted octanol–water partition coefficient (Wildman–Crippen LogP) is 11.1. The third-order valence-electron chi connectivity index (χ3n) is 11.0. The fourth-order valence-corrected chi connectivity index (χ4v) is 10.9. The minimum atomic E-state index is -4.53. The largest absolute Gasteiger partial charge is 0.506 e. The highest BCUT2D eigenvalue weighted by Crippen LogP contribution is 2.44. The first-order valence-electron chi connectivity index (χ1n) is 22.9. The van der Waals surface area contributed by atoms with E-state index in [4.69, 9.17) is 14.2 Å². The molecule has 4 aromatic carbocycles. The molecule has 366 valence electrons. The van der Waals surface area contributed by atoms with E-state index < -0.39 is 40.7 Å². The van der Waals surface area contributed by atoms with Crippen molar-refractivity contribution in [3.05, 3.63) is 60.2 Å². The Balaban J connectivity index is 1.57. The average Bonchev–Trinajstić information content (AvgIpc) is 3.26. The number of nitrogens with zero attached hydrogens (tertiary/aromatic N) is 3. The Hall–Kier alpha value is -4.69. The number of benzene rings is 4. The maximum Gasteiger partial charge on any atom is 0.265 e. The third-order valence-corrected chi connectivity index (χ3v) is 15.1. The van der Waals surface area contributed by atoms with E-state index in [1.807, 2.05) is 0 Å². The van der Waals surface area contributed by atoms with E-state index in [-0.39, 0.29) is 76.2 Å². The second-order valence-corrected chi connectivity index (χ2v) is 21.6. The molecule has 0 aromatic heterocycles. The number of rotatable bonds is 31. The Kier molecular flexibility index (Phi) is 21.3. The van der Waals surface area contributed by atoms with Gasteiger partial charge < -0.3 is 24.4 Å². The summed E-state index contributed by atoms with van der Waals surface area (Å²) in [6.45, 7) is 8.04. The van der Waals surface area contributed by atoms with Crippen LogP contribution in [0.3, 0.4) is 0 Å². The highest BCUT2D eigenvalue weighted by atomic mass is 32.2. The van der Waals surface area contributed by atoms with E-state index in [9.17, 15) is 35.5 Å². The number of sulfonamides is 3. The summed E-state index contributed by atoms with van der Waals surface area (Å²) in [6.07, 6.45) is 18.2. The number of aromatic hydroxyl groups is 2. The van der Waals surface area contributed by atoms with E-state index in [1.165, 1.54) is 126 Å². The van der Waals surface area contributed by atoms with E-state index >= 15 is 0 Å². The van der Waals surface area contributed by atoms with Gasteiger partial charge in [0, 0.05) is 37.0 Å². The molecule has 16 nitrogen and oxygen atoms in total. The Bertz CT molecular complexity index is 2570. The van der Waals surface area contributed by atoms with Gasteiger partial charge in [0.05, 0.1) is 42.2 Å². The lowest BCUT2D eigenvalue weighted by Crippen LogP contribution is -2.30. The van der Waals surface area contributed by atoms with E-state index in [1.54, 1.807) is 20.8 Å². The highest BCUT2D eigenvalue weighted by Gasteiger charge is 2.29. The summed E-state index contributed by atoms with van der Waals surface area (Å²) in [5.41, 5.74) is 0.310. The maximum absolute atomic E-state index is 14.2. The number of hydrogen-bond donors (Lipinski definition) is 4. The fourth-order valence-electron chi connectivity index (χ4n) is 7.51. The lowest BCUT2D eigenvalue weighted by Gasteiger charge is -2.21. The van der Waals surface area contributed by atoms with Crippen LogP contribution in [0.25, 0.3) is 10.8 Å². The summed E-state index contributed by atoms with van der Waals surface area (Å²) >= 11 is 0. The van der Waals surface area contributed by atoms with Crippen LogP contribution in [0.1, 0.15) is 116 Å². The van der Waals surface area contributed by atoms with Crippen LogP contribution in [0, 0.1) is 6.92 Å². The molecule has 4 aromatic rings. The van der Waals surface area contributed by atoms with Gasteiger partial charge in [-0.3, -0.25) is 9.44 Å². The molecule has 0 aliphatic heterocycles. The zero-order valence-electron chi connectivity index (χ0n) is 39.3. The summed E-state index contributed by atoms with van der Waals surface area (Å²) in [7, 11) is -11.2. The van der Waals surface area contributed by atoms with Gasteiger partial charge in [0.25, 0.3) is 10.0 Å². The zero-order chi connectivity index (χ0) is 48.3. The first-order chi connectivity index (χ1) is 31.5. The number of aryl methyl sites for hydroxylation is 1. The van der Waals surface area contributed by atoms with Crippen LogP contribution in [0.15, 0.2) is 74.6 Å². The van der Waals surface area contributed by atoms with Gasteiger partial charge in [-0.25, -0.2) is 25.3 Å². The van der Waals surface area contributed by atoms with Gasteiger partial charge in [0.15, 0.2) is 0 Å². The van der Waals surface area contributed by atoms with Gasteiger partial charge in [-0.1, -0.05) is 116 Å². The topological polar surface area (TPSA) is 223 Å². The number of nitrogens with one attached hydrogen (secondary N) is 2. The van der Waals surface area contributed by atoms with Crippen molar-refractivity contribution in [1.82, 2.24) is 4.31 Å². The molecule has 0 fully saturated rings. The molecular formula is C47H69N5O11S3. The number of methoxy groups -OCH3 is 1. The number of unbranched alkanes of at least 4 members (excludes halogenated alkanes) is 13. The van der Waals surface area contributed by atoms with Gasteiger partial charge >= 0.3 is 0 Å². The van der Waals surface area contributed by atoms with Crippen LogP contribution in [-0.2, 0) is 34.8 Å². The first-order valence-corrected chi connectivity index (χ1v) is 27.7. The highest BCUT2D eigenvalue weighted by molar-refractivity contribution is 7.93. The molecule has 0 saturated heterocycles. The van der Waals surface area contributed by atoms with Crippen LogP contribution < -0.4 is 18.9 Å². The lowest BCUT2D eigenvalue weighted by atomic mass is 10.0. The normalized spacial score (nSPS) is 12.3. The van der Waals surface area contributed by atoms with Gasteiger partial charge in [0.2, 0.25) is 20.0 Å². The van der Waals surface area contributed by atoms with Crippen molar-refractivity contribution in [3.63, 3.8) is 0 Å². The van der Waals surface area contributed by atoms with Crippen LogP contribution >= 0.6 is 0 Å². The molecule has 0 saturated carbocycles. The number of fused-ring (bicyclic) bond motifs is 1. The molecule has 66 heavy (non-hydrogen) atoms. The molecule has 4 rings (SSSR count). The van der Waals surface area contributed by atoms with E-state index in [0.29, 0.717) is 17.9 Å². The van der Waals surface area contributed by atoms with Gasteiger partial charge in [-0.15, -0.1) is 5.11 Å². The SMILES string of the molecule is CCCCCCCCCCCCCCCCOc1cc(NS(=O)(=O)c2cc(N=Nc3cc(S(=O)(=O)N(CC)CC)c(O)c4cccc(NS(C)(=O)=O)c34)ccc2OCCOC)c(O)cc1C.